The Morgan fingerprint density at radius 3 is 2.26 bits per heavy atom. The molecule has 0 spiro atoms. The van der Waals surface area contributed by atoms with Crippen molar-refractivity contribution in [1.29, 1.82) is 0 Å². The number of benzene rings is 2. The average molecular weight is 470 g/mol. The number of fused-ring (bicyclic) bond motifs is 3. The molecule has 0 radical (unpaired) electrons. The van der Waals surface area contributed by atoms with E-state index in [0.717, 1.165) is 27.2 Å². The van der Waals surface area contributed by atoms with Gasteiger partial charge in [-0.15, -0.1) is 0 Å². The normalized spacial score (nSPS) is 24.3. The first-order valence-electron chi connectivity index (χ1n) is 11.2. The molecule has 3 atom stereocenters. The summed E-state index contributed by atoms with van der Waals surface area (Å²) in [6.45, 7) is -1.01. The van der Waals surface area contributed by atoms with Crippen LogP contribution in [-0.2, 0) is 14.3 Å². The molecular formula is C25H24F2N2O5. The molecule has 2 N–H and O–H groups in total. The van der Waals surface area contributed by atoms with Crippen LogP contribution in [0.25, 0.3) is 11.1 Å². The van der Waals surface area contributed by atoms with E-state index in [4.69, 9.17) is 9.84 Å². The number of ether oxygens (including phenoxy) is 1. The predicted octanol–water partition coefficient (Wildman–Crippen LogP) is 3.34. The summed E-state index contributed by atoms with van der Waals surface area (Å²) >= 11 is 0. The van der Waals surface area contributed by atoms with Crippen LogP contribution < -0.4 is 5.32 Å². The second kappa shape index (κ2) is 8.38. The van der Waals surface area contributed by atoms with Gasteiger partial charge in [-0.25, -0.2) is 13.6 Å². The molecule has 9 heteroatoms. The zero-order chi connectivity index (χ0) is 24.0. The number of carboxylic acids is 1. The van der Waals surface area contributed by atoms with E-state index in [1.54, 1.807) is 0 Å². The molecule has 178 valence electrons. The first-order valence-corrected chi connectivity index (χ1v) is 11.2. The Bertz CT molecular complexity index is 1110. The number of nitrogens with zero attached hydrogens (tertiary/aromatic N) is 1. The van der Waals surface area contributed by atoms with Gasteiger partial charge < -0.3 is 20.1 Å². The highest BCUT2D eigenvalue weighted by Gasteiger charge is 2.56. The zero-order valence-corrected chi connectivity index (χ0v) is 18.2. The number of carbonyl (C=O) groups excluding carboxylic acids is 2. The number of hydrogen-bond donors (Lipinski definition) is 2. The van der Waals surface area contributed by atoms with Gasteiger partial charge in [-0.2, -0.15) is 0 Å². The van der Waals surface area contributed by atoms with Crippen molar-refractivity contribution in [3.05, 3.63) is 59.7 Å². The van der Waals surface area contributed by atoms with Gasteiger partial charge in [0.25, 0.3) is 5.92 Å². The number of halogens is 2. The summed E-state index contributed by atoms with van der Waals surface area (Å²) in [7, 11) is 0. The lowest BCUT2D eigenvalue weighted by Crippen LogP contribution is -2.34. The molecule has 2 fully saturated rings. The monoisotopic (exact) mass is 470 g/mol. The summed E-state index contributed by atoms with van der Waals surface area (Å²) in [5.74, 6) is -8.14. The number of rotatable bonds is 6. The number of amides is 2. The highest BCUT2D eigenvalue weighted by atomic mass is 19.3. The number of hydrogen-bond acceptors (Lipinski definition) is 4. The Hall–Kier alpha value is -3.49. The Morgan fingerprint density at radius 1 is 1.06 bits per heavy atom. The third kappa shape index (κ3) is 3.99. The third-order valence-electron chi connectivity index (χ3n) is 7.02. The van der Waals surface area contributed by atoms with Gasteiger partial charge in [-0.3, -0.25) is 9.59 Å². The smallest absolute Gasteiger partial charge is 0.407 e. The number of carboxylic acid groups (broad SMARTS) is 1. The summed E-state index contributed by atoms with van der Waals surface area (Å²) in [5.41, 5.74) is 4.46. The molecule has 34 heavy (non-hydrogen) atoms. The topological polar surface area (TPSA) is 95.9 Å². The number of likely N-dealkylation sites (tertiary alicyclic amines) is 1. The maximum absolute atomic E-state index is 13.9. The van der Waals surface area contributed by atoms with Crippen molar-refractivity contribution < 1.29 is 33.0 Å². The second-order valence-corrected chi connectivity index (χ2v) is 9.18. The van der Waals surface area contributed by atoms with Gasteiger partial charge in [0.2, 0.25) is 5.91 Å². The molecular weight excluding hydrogens is 446 g/mol. The maximum atomic E-state index is 13.9. The van der Waals surface area contributed by atoms with Gasteiger partial charge in [0.15, 0.2) is 0 Å². The molecule has 2 amide bonds. The lowest BCUT2D eigenvalue weighted by atomic mass is 9.98. The molecule has 0 bridgehead atoms. The van der Waals surface area contributed by atoms with Gasteiger partial charge >= 0.3 is 12.1 Å². The summed E-state index contributed by atoms with van der Waals surface area (Å²) in [6, 6.07) is 16.0. The minimum atomic E-state index is -3.44. The second-order valence-electron chi connectivity index (χ2n) is 9.18. The van der Waals surface area contributed by atoms with E-state index >= 15 is 0 Å². The Morgan fingerprint density at radius 2 is 1.68 bits per heavy atom. The molecule has 1 aliphatic heterocycles. The van der Waals surface area contributed by atoms with Crippen LogP contribution in [0.1, 0.15) is 23.5 Å². The molecule has 7 nitrogen and oxygen atoms in total. The summed E-state index contributed by atoms with van der Waals surface area (Å²) in [6.07, 6.45) is -0.138. The number of nitrogens with one attached hydrogen (secondary N) is 1. The van der Waals surface area contributed by atoms with Crippen LogP contribution in [0.3, 0.4) is 0 Å². The molecule has 1 heterocycles. The Kier molecular flexibility index (Phi) is 5.50. The van der Waals surface area contributed by atoms with Crippen LogP contribution >= 0.6 is 0 Å². The van der Waals surface area contributed by atoms with Gasteiger partial charge in [0, 0.05) is 24.9 Å². The van der Waals surface area contributed by atoms with Crippen LogP contribution in [-0.4, -0.2) is 60.1 Å². The van der Waals surface area contributed by atoms with Gasteiger partial charge in [0.05, 0.1) is 6.54 Å². The van der Waals surface area contributed by atoms with Crippen molar-refractivity contribution in [2.24, 2.45) is 17.8 Å². The van der Waals surface area contributed by atoms with Crippen LogP contribution in [0.4, 0.5) is 13.6 Å². The first kappa shape index (κ1) is 22.3. The van der Waals surface area contributed by atoms with E-state index in [0.29, 0.717) is 6.42 Å². The average Bonchev–Trinajstić information content (AvgIpc) is 3.42. The summed E-state index contributed by atoms with van der Waals surface area (Å²) < 4.78 is 33.2. The van der Waals surface area contributed by atoms with E-state index in [2.05, 4.69) is 5.32 Å². The third-order valence-corrected chi connectivity index (χ3v) is 7.02. The van der Waals surface area contributed by atoms with Crippen molar-refractivity contribution in [2.75, 3.05) is 26.2 Å². The standard InChI is InChI=1S/C25H24F2N2O5/c26-25(27)13-29(11-21(25)23(31)32)22(30)19-9-14(19)10-28-24(33)34-12-20-17-7-3-1-5-15(17)16-6-2-4-8-18(16)20/h1-8,14,19-21H,9-13H2,(H,28,33)(H,31,32)/t14-,19-,21?/m1/s1. The Balaban J connectivity index is 1.11. The quantitative estimate of drug-likeness (QED) is 0.675. The Labute approximate surface area is 194 Å². The summed E-state index contributed by atoms with van der Waals surface area (Å²) in [5, 5.41) is 11.6. The van der Waals surface area contributed by atoms with Crippen molar-refractivity contribution in [2.45, 2.75) is 18.3 Å². The first-order chi connectivity index (χ1) is 16.3. The molecule has 1 unspecified atom stereocenters. The molecule has 1 saturated carbocycles. The molecule has 2 aromatic carbocycles. The van der Waals surface area contributed by atoms with Crippen molar-refractivity contribution >= 4 is 18.0 Å². The van der Waals surface area contributed by atoms with Crippen LogP contribution in [0, 0.1) is 17.8 Å². The number of alkyl carbamates (subject to hydrolysis) is 1. The van der Waals surface area contributed by atoms with E-state index in [-0.39, 0.29) is 25.0 Å². The number of alkyl halides is 2. The van der Waals surface area contributed by atoms with Gasteiger partial charge in [-0.05, 0) is 34.6 Å². The minimum absolute atomic E-state index is 0.0626. The van der Waals surface area contributed by atoms with Gasteiger partial charge in [0.1, 0.15) is 12.5 Å². The van der Waals surface area contributed by atoms with Crippen molar-refractivity contribution in [1.82, 2.24) is 10.2 Å². The lowest BCUT2D eigenvalue weighted by molar-refractivity contribution is -0.151. The molecule has 2 aliphatic carbocycles. The molecule has 2 aromatic rings. The van der Waals surface area contributed by atoms with E-state index in [1.807, 2.05) is 48.5 Å². The lowest BCUT2D eigenvalue weighted by Gasteiger charge is -2.16. The van der Waals surface area contributed by atoms with E-state index in [9.17, 15) is 23.2 Å². The SMILES string of the molecule is O=C(NC[C@H]1C[C@H]1C(=O)N1CC(C(=O)O)C(F)(F)C1)OCC1c2ccccc2-c2ccccc21. The number of carbonyl (C=O) groups is 3. The van der Waals surface area contributed by atoms with Crippen molar-refractivity contribution in [3.8, 4) is 11.1 Å². The minimum Gasteiger partial charge on any atom is -0.481 e. The summed E-state index contributed by atoms with van der Waals surface area (Å²) in [4.78, 5) is 36.8. The predicted molar refractivity (Wildman–Crippen MR) is 117 cm³/mol. The van der Waals surface area contributed by atoms with Gasteiger partial charge in [-0.1, -0.05) is 48.5 Å². The fourth-order valence-electron chi connectivity index (χ4n) is 5.08. The van der Waals surface area contributed by atoms with Crippen LogP contribution in [0.2, 0.25) is 0 Å². The largest absolute Gasteiger partial charge is 0.481 e. The molecule has 3 aliphatic rings. The van der Waals surface area contributed by atoms with E-state index in [1.165, 1.54) is 0 Å². The van der Waals surface area contributed by atoms with Crippen molar-refractivity contribution in [3.63, 3.8) is 0 Å². The highest BCUT2D eigenvalue weighted by molar-refractivity contribution is 5.84. The fourth-order valence-corrected chi connectivity index (χ4v) is 5.08. The molecule has 1 saturated heterocycles. The maximum Gasteiger partial charge on any atom is 0.407 e. The number of aliphatic carboxylic acids is 1. The molecule has 0 aromatic heterocycles. The van der Waals surface area contributed by atoms with Crippen LogP contribution in [0.5, 0.6) is 0 Å². The molecule has 5 rings (SSSR count). The highest BCUT2D eigenvalue weighted by Crippen LogP contribution is 2.45. The van der Waals surface area contributed by atoms with E-state index < -0.39 is 48.8 Å². The fraction of sp³-hybridized carbons (Fsp3) is 0.400. The van der Waals surface area contributed by atoms with Crippen LogP contribution in [0.15, 0.2) is 48.5 Å². The zero-order valence-electron chi connectivity index (χ0n) is 18.2.